The van der Waals surface area contributed by atoms with Crippen LogP contribution in [0, 0.1) is 5.92 Å². The third-order valence-electron chi connectivity index (χ3n) is 4.16. The van der Waals surface area contributed by atoms with Crippen LogP contribution in [-0.4, -0.2) is 29.2 Å². The Morgan fingerprint density at radius 1 is 1.39 bits per heavy atom. The molecule has 3 rings (SSSR count). The van der Waals surface area contributed by atoms with E-state index in [-0.39, 0.29) is 12.4 Å². The summed E-state index contributed by atoms with van der Waals surface area (Å²) in [4.78, 5) is 11.6. The lowest BCUT2D eigenvalue weighted by Gasteiger charge is -2.18. The maximum absolute atomic E-state index is 5.58. The van der Waals surface area contributed by atoms with Gasteiger partial charge in [0.15, 0.2) is 0 Å². The molecule has 23 heavy (non-hydrogen) atoms. The maximum atomic E-state index is 5.58. The monoisotopic (exact) mass is 354 g/mol. The largest absolute Gasteiger partial charge is 1.00 e. The Kier molecular flexibility index (Phi) is 6.62. The first-order valence-corrected chi connectivity index (χ1v) is 9.07. The minimum Gasteiger partial charge on any atom is -1.00 e. The lowest BCUT2D eigenvalue weighted by atomic mass is 9.89. The number of anilines is 1. The molecule has 1 aliphatic rings. The number of fused-ring (bicyclic) bond motifs is 3. The number of hydrogen-bond donors (Lipinski definition) is 1. The zero-order valence-corrected chi connectivity index (χ0v) is 15.6. The predicted molar refractivity (Wildman–Crippen MR) is 92.8 cm³/mol. The quantitative estimate of drug-likeness (QED) is 0.788. The van der Waals surface area contributed by atoms with Gasteiger partial charge in [-0.3, -0.25) is 0 Å². The van der Waals surface area contributed by atoms with Gasteiger partial charge in [-0.05, 0) is 51.0 Å². The van der Waals surface area contributed by atoms with Crippen molar-refractivity contribution in [3.63, 3.8) is 0 Å². The minimum atomic E-state index is 0. The average Bonchev–Trinajstić information content (AvgIpc) is 2.84. The zero-order valence-electron chi connectivity index (χ0n) is 14.1. The van der Waals surface area contributed by atoms with Crippen LogP contribution in [-0.2, 0) is 17.6 Å². The number of aryl methyl sites for hydroxylation is 1. The van der Waals surface area contributed by atoms with Crippen LogP contribution < -0.4 is 17.7 Å². The summed E-state index contributed by atoms with van der Waals surface area (Å²) >= 11 is 1.85. The van der Waals surface area contributed by atoms with Crippen LogP contribution in [0.4, 0.5) is 5.82 Å². The smallest absolute Gasteiger partial charge is 0.138 e. The molecule has 0 amide bonds. The Labute approximate surface area is 148 Å². The Hall–Kier alpha value is -0.910. The fraction of sp³-hybridized carbons (Fsp3) is 0.647. The summed E-state index contributed by atoms with van der Waals surface area (Å²) in [6.45, 7) is 8.16. The van der Waals surface area contributed by atoms with E-state index in [4.69, 9.17) is 4.74 Å². The normalized spacial score (nSPS) is 17.1. The van der Waals surface area contributed by atoms with Gasteiger partial charge in [0, 0.05) is 18.0 Å². The summed E-state index contributed by atoms with van der Waals surface area (Å²) in [5, 5.41) is 4.75. The molecule has 1 N–H and O–H groups in total. The van der Waals surface area contributed by atoms with Gasteiger partial charge in [-0.1, -0.05) is 6.92 Å². The molecule has 2 aromatic rings. The Morgan fingerprint density at radius 3 is 3.00 bits per heavy atom. The Bertz CT molecular complexity index is 644. The molecule has 2 aromatic heterocycles. The van der Waals surface area contributed by atoms with Gasteiger partial charge in [0.05, 0.1) is 11.5 Å². The summed E-state index contributed by atoms with van der Waals surface area (Å²) in [6.07, 6.45) is 6.60. The SMILES string of the molecule is CC1CCc2c(sc3ncnc(NCCCOC(C)C)c23)C1.[Cl-]. The highest BCUT2D eigenvalue weighted by Crippen LogP contribution is 2.39. The third kappa shape index (κ3) is 4.34. The van der Waals surface area contributed by atoms with E-state index < -0.39 is 0 Å². The van der Waals surface area contributed by atoms with Crippen molar-refractivity contribution in [2.45, 2.75) is 52.6 Å². The minimum absolute atomic E-state index is 0. The second-order valence-corrected chi connectivity index (χ2v) is 7.54. The van der Waals surface area contributed by atoms with Crippen molar-refractivity contribution in [1.29, 1.82) is 0 Å². The van der Waals surface area contributed by atoms with Gasteiger partial charge < -0.3 is 22.5 Å². The van der Waals surface area contributed by atoms with E-state index in [0.717, 1.165) is 42.6 Å². The standard InChI is InChI=1S/C17H25N3OS.ClH/c1-11(2)21-8-4-7-18-16-15-13-6-5-12(3)9-14(13)22-17(15)20-10-19-16;/h10-12H,4-9H2,1-3H3,(H,18,19,20);1H/p-1. The molecule has 1 unspecified atom stereocenters. The molecule has 0 saturated carbocycles. The summed E-state index contributed by atoms with van der Waals surface area (Å²) in [6, 6.07) is 0. The van der Waals surface area contributed by atoms with Gasteiger partial charge in [0.2, 0.25) is 0 Å². The second kappa shape index (κ2) is 8.27. The number of rotatable bonds is 6. The first-order chi connectivity index (χ1) is 10.6. The van der Waals surface area contributed by atoms with Crippen molar-refractivity contribution in [3.8, 4) is 0 Å². The Balaban J connectivity index is 0.00000192. The first-order valence-electron chi connectivity index (χ1n) is 8.26. The predicted octanol–water partition coefficient (Wildman–Crippen LogP) is 1.05. The van der Waals surface area contributed by atoms with Crippen LogP contribution in [0.3, 0.4) is 0 Å². The number of aromatic nitrogens is 2. The molecule has 0 spiro atoms. The topological polar surface area (TPSA) is 47.0 Å². The number of nitrogens with zero attached hydrogens (tertiary/aromatic N) is 2. The second-order valence-electron chi connectivity index (χ2n) is 6.45. The molecule has 6 heteroatoms. The van der Waals surface area contributed by atoms with E-state index in [1.54, 1.807) is 6.33 Å². The fourth-order valence-corrected chi connectivity index (χ4v) is 4.36. The number of thiophene rings is 1. The fourth-order valence-electron chi connectivity index (χ4n) is 3.01. The van der Waals surface area contributed by atoms with Crippen molar-refractivity contribution in [2.75, 3.05) is 18.5 Å². The van der Waals surface area contributed by atoms with Crippen LogP contribution in [0.25, 0.3) is 10.2 Å². The zero-order chi connectivity index (χ0) is 15.5. The molecule has 0 saturated heterocycles. The Morgan fingerprint density at radius 2 is 2.22 bits per heavy atom. The number of ether oxygens (including phenoxy) is 1. The number of nitrogens with one attached hydrogen (secondary N) is 1. The van der Waals surface area contributed by atoms with Crippen molar-refractivity contribution in [2.24, 2.45) is 5.92 Å². The van der Waals surface area contributed by atoms with Crippen molar-refractivity contribution < 1.29 is 17.1 Å². The molecule has 0 fully saturated rings. The van der Waals surface area contributed by atoms with E-state index in [1.807, 2.05) is 11.3 Å². The van der Waals surface area contributed by atoms with Gasteiger partial charge >= 0.3 is 0 Å². The number of halogens is 1. The third-order valence-corrected chi connectivity index (χ3v) is 5.32. The molecular formula is C17H25ClN3OS-. The van der Waals surface area contributed by atoms with E-state index in [2.05, 4.69) is 36.1 Å². The maximum Gasteiger partial charge on any atom is 0.138 e. The molecule has 0 bridgehead atoms. The number of hydrogen-bond acceptors (Lipinski definition) is 5. The summed E-state index contributed by atoms with van der Waals surface area (Å²) in [5.74, 6) is 1.79. The summed E-state index contributed by atoms with van der Waals surface area (Å²) < 4.78 is 5.58. The van der Waals surface area contributed by atoms with Crippen molar-refractivity contribution >= 4 is 27.4 Å². The molecule has 1 aliphatic carbocycles. The van der Waals surface area contributed by atoms with Gasteiger partial charge in [-0.15, -0.1) is 11.3 Å². The molecule has 1 atom stereocenters. The highest BCUT2D eigenvalue weighted by Gasteiger charge is 2.22. The van der Waals surface area contributed by atoms with Crippen LogP contribution in [0.15, 0.2) is 6.33 Å². The molecule has 0 radical (unpaired) electrons. The van der Waals surface area contributed by atoms with Crippen LogP contribution in [0.2, 0.25) is 0 Å². The van der Waals surface area contributed by atoms with E-state index in [0.29, 0.717) is 6.10 Å². The highest BCUT2D eigenvalue weighted by molar-refractivity contribution is 7.19. The van der Waals surface area contributed by atoms with Gasteiger partial charge in [-0.25, -0.2) is 9.97 Å². The first kappa shape index (κ1) is 18.4. The van der Waals surface area contributed by atoms with Crippen LogP contribution in [0.5, 0.6) is 0 Å². The van der Waals surface area contributed by atoms with Crippen LogP contribution in [0.1, 0.15) is 44.1 Å². The lowest BCUT2D eigenvalue weighted by molar-refractivity contribution is -0.00000747. The van der Waals surface area contributed by atoms with E-state index in [1.165, 1.54) is 28.7 Å². The molecule has 4 nitrogen and oxygen atoms in total. The average molecular weight is 355 g/mol. The van der Waals surface area contributed by atoms with Gasteiger partial charge in [0.1, 0.15) is 17.0 Å². The lowest BCUT2D eigenvalue weighted by Crippen LogP contribution is -3.00. The van der Waals surface area contributed by atoms with Gasteiger partial charge in [0.25, 0.3) is 0 Å². The summed E-state index contributed by atoms with van der Waals surface area (Å²) in [7, 11) is 0. The molecule has 2 heterocycles. The highest BCUT2D eigenvalue weighted by atomic mass is 35.5. The molecule has 0 aliphatic heterocycles. The van der Waals surface area contributed by atoms with E-state index in [9.17, 15) is 0 Å². The van der Waals surface area contributed by atoms with E-state index >= 15 is 0 Å². The van der Waals surface area contributed by atoms with Crippen LogP contribution >= 0.6 is 11.3 Å². The van der Waals surface area contributed by atoms with Gasteiger partial charge in [-0.2, -0.15) is 0 Å². The molecule has 128 valence electrons. The molecule has 0 aromatic carbocycles. The summed E-state index contributed by atoms with van der Waals surface area (Å²) in [5.41, 5.74) is 1.49. The van der Waals surface area contributed by atoms with Crippen molar-refractivity contribution in [1.82, 2.24) is 9.97 Å². The van der Waals surface area contributed by atoms with Crippen molar-refractivity contribution in [3.05, 3.63) is 16.8 Å². The molecular weight excluding hydrogens is 330 g/mol.